The van der Waals surface area contributed by atoms with Crippen LogP contribution in [0.5, 0.6) is 0 Å². The van der Waals surface area contributed by atoms with Gasteiger partial charge in [-0.05, 0) is 11.8 Å². The lowest BCUT2D eigenvalue weighted by molar-refractivity contribution is -0.395. The van der Waals surface area contributed by atoms with E-state index in [1.165, 1.54) is 13.3 Å². The highest BCUT2D eigenvalue weighted by molar-refractivity contribution is 5.75. The van der Waals surface area contributed by atoms with E-state index in [1.54, 1.807) is 0 Å². The predicted molar refractivity (Wildman–Crippen MR) is 46.1 cm³/mol. The van der Waals surface area contributed by atoms with E-state index in [4.69, 9.17) is 0 Å². The van der Waals surface area contributed by atoms with Gasteiger partial charge in [-0.3, -0.25) is 4.79 Å². The number of carbonyl (C=O) groups excluding carboxylic acids is 1. The van der Waals surface area contributed by atoms with Gasteiger partial charge in [-0.2, -0.15) is 0 Å². The number of rotatable bonds is 3. The summed E-state index contributed by atoms with van der Waals surface area (Å²) in [5.74, 6) is -0.397. The third-order valence-corrected chi connectivity index (χ3v) is 1.72. The fourth-order valence-electron chi connectivity index (χ4n) is 1.19. The van der Waals surface area contributed by atoms with Gasteiger partial charge < -0.3 is 10.1 Å². The van der Waals surface area contributed by atoms with Crippen LogP contribution in [0.2, 0.25) is 0 Å². The number of nitro groups is 1. The molecule has 0 fully saturated rings. The van der Waals surface area contributed by atoms with Crippen molar-refractivity contribution in [2.75, 3.05) is 0 Å². The Morgan fingerprint density at radius 3 is 3.00 bits per heavy atom. The number of hydrogen-bond donors (Lipinski definition) is 0. The summed E-state index contributed by atoms with van der Waals surface area (Å²) >= 11 is 0. The SMILES string of the molecule is CC(=O)Cn1nc([N+](=O)[O-])n2cnnc12. The number of aromatic nitrogens is 5. The molecule has 0 aromatic carbocycles. The Morgan fingerprint density at radius 2 is 2.40 bits per heavy atom. The number of Topliss-reactive ketones (excluding diaryl/α,β-unsaturated/α-hetero) is 1. The van der Waals surface area contributed by atoms with Gasteiger partial charge in [-0.1, -0.05) is 5.10 Å². The van der Waals surface area contributed by atoms with Gasteiger partial charge in [0.1, 0.15) is 6.54 Å². The monoisotopic (exact) mass is 210 g/mol. The van der Waals surface area contributed by atoms with Gasteiger partial charge in [0.15, 0.2) is 12.1 Å². The van der Waals surface area contributed by atoms with Crippen molar-refractivity contribution in [3.05, 3.63) is 16.4 Å². The van der Waals surface area contributed by atoms with Gasteiger partial charge in [0, 0.05) is 5.10 Å². The second-order valence-corrected chi connectivity index (χ2v) is 2.92. The van der Waals surface area contributed by atoms with Gasteiger partial charge in [-0.25, -0.2) is 0 Å². The van der Waals surface area contributed by atoms with Gasteiger partial charge in [0.2, 0.25) is 0 Å². The van der Waals surface area contributed by atoms with Crippen LogP contribution in [0.15, 0.2) is 6.33 Å². The molecular weight excluding hydrogens is 204 g/mol. The number of ketones is 1. The van der Waals surface area contributed by atoms with Crippen molar-refractivity contribution >= 4 is 17.5 Å². The largest absolute Gasteiger partial charge is 0.464 e. The van der Waals surface area contributed by atoms with Crippen molar-refractivity contribution in [1.29, 1.82) is 0 Å². The molecule has 2 rings (SSSR count). The van der Waals surface area contributed by atoms with Crippen LogP contribution in [0.1, 0.15) is 6.92 Å². The van der Waals surface area contributed by atoms with Crippen molar-refractivity contribution in [2.45, 2.75) is 13.5 Å². The summed E-state index contributed by atoms with van der Waals surface area (Å²) in [7, 11) is 0. The van der Waals surface area contributed by atoms with Gasteiger partial charge in [0.05, 0.1) is 0 Å². The summed E-state index contributed by atoms with van der Waals surface area (Å²) in [5, 5.41) is 21.4. The number of hydrogen-bond acceptors (Lipinski definition) is 6. The Bertz CT molecular complexity index is 540. The summed E-state index contributed by atoms with van der Waals surface area (Å²) in [6.45, 7) is 1.30. The van der Waals surface area contributed by atoms with Crippen LogP contribution in [0.25, 0.3) is 5.78 Å². The minimum atomic E-state index is -0.660. The van der Waals surface area contributed by atoms with Gasteiger partial charge >= 0.3 is 11.7 Å². The first-order chi connectivity index (χ1) is 7.09. The van der Waals surface area contributed by atoms with E-state index in [2.05, 4.69) is 15.3 Å². The fourth-order valence-corrected chi connectivity index (χ4v) is 1.19. The Balaban J connectivity index is 2.60. The molecule has 0 saturated heterocycles. The molecular formula is C6H6N6O3. The second-order valence-electron chi connectivity index (χ2n) is 2.92. The molecule has 0 unspecified atom stereocenters. The van der Waals surface area contributed by atoms with Crippen molar-refractivity contribution in [2.24, 2.45) is 0 Å². The molecule has 0 saturated carbocycles. The quantitative estimate of drug-likeness (QED) is 0.495. The van der Waals surface area contributed by atoms with Crippen LogP contribution in [-0.2, 0) is 11.3 Å². The van der Waals surface area contributed by atoms with Crippen molar-refractivity contribution < 1.29 is 9.72 Å². The maximum atomic E-state index is 10.9. The van der Waals surface area contributed by atoms with Crippen LogP contribution in [0, 0.1) is 10.1 Å². The Kier molecular flexibility index (Phi) is 1.92. The van der Waals surface area contributed by atoms with E-state index < -0.39 is 10.9 Å². The Hall–Kier alpha value is -2.32. The van der Waals surface area contributed by atoms with E-state index in [0.717, 1.165) is 9.08 Å². The van der Waals surface area contributed by atoms with Crippen molar-refractivity contribution in [3.63, 3.8) is 0 Å². The minimum Gasteiger partial charge on any atom is -0.390 e. The fraction of sp³-hybridized carbons (Fsp3) is 0.333. The second kappa shape index (κ2) is 3.12. The lowest BCUT2D eigenvalue weighted by atomic mass is 10.5. The molecule has 0 bridgehead atoms. The Labute approximate surface area is 82.5 Å². The molecule has 2 heterocycles. The predicted octanol–water partition coefficient (Wildman–Crippen LogP) is -0.577. The molecule has 0 aliphatic rings. The first-order valence-electron chi connectivity index (χ1n) is 4.00. The average Bonchev–Trinajstić information content (AvgIpc) is 2.66. The average molecular weight is 210 g/mol. The van der Waals surface area contributed by atoms with E-state index >= 15 is 0 Å². The molecule has 0 atom stereocenters. The summed E-state index contributed by atoms with van der Waals surface area (Å²) in [6, 6.07) is 0. The van der Waals surface area contributed by atoms with Crippen LogP contribution in [0.4, 0.5) is 5.95 Å². The summed E-state index contributed by atoms with van der Waals surface area (Å²) in [4.78, 5) is 20.8. The first kappa shape index (κ1) is 9.24. The zero-order valence-electron chi connectivity index (χ0n) is 7.69. The summed E-state index contributed by atoms with van der Waals surface area (Å²) in [6.07, 6.45) is 1.18. The van der Waals surface area contributed by atoms with E-state index in [9.17, 15) is 14.9 Å². The molecule has 0 radical (unpaired) electrons. The summed E-state index contributed by atoms with van der Waals surface area (Å²) < 4.78 is 2.26. The highest BCUT2D eigenvalue weighted by Gasteiger charge is 2.23. The molecule has 0 aliphatic carbocycles. The molecule has 78 valence electrons. The van der Waals surface area contributed by atoms with E-state index in [0.29, 0.717) is 0 Å². The van der Waals surface area contributed by atoms with Crippen molar-refractivity contribution in [1.82, 2.24) is 24.4 Å². The molecule has 0 spiro atoms. The molecule has 15 heavy (non-hydrogen) atoms. The lowest BCUT2D eigenvalue weighted by Gasteiger charge is -1.89. The van der Waals surface area contributed by atoms with Gasteiger partial charge in [0.25, 0.3) is 0 Å². The highest BCUT2D eigenvalue weighted by Crippen LogP contribution is 2.10. The third-order valence-electron chi connectivity index (χ3n) is 1.72. The van der Waals surface area contributed by atoms with Crippen LogP contribution < -0.4 is 0 Å². The highest BCUT2D eigenvalue weighted by atomic mass is 16.6. The zero-order valence-corrected chi connectivity index (χ0v) is 7.69. The topological polar surface area (TPSA) is 108 Å². The van der Waals surface area contributed by atoms with E-state index in [1.807, 2.05) is 0 Å². The van der Waals surface area contributed by atoms with Crippen LogP contribution >= 0.6 is 0 Å². The maximum absolute atomic E-state index is 10.9. The van der Waals surface area contributed by atoms with E-state index in [-0.39, 0.29) is 18.1 Å². The maximum Gasteiger partial charge on any atom is 0.464 e. The normalized spacial score (nSPS) is 10.7. The number of fused-ring (bicyclic) bond motifs is 1. The van der Waals surface area contributed by atoms with Crippen LogP contribution in [0.3, 0.4) is 0 Å². The smallest absolute Gasteiger partial charge is 0.390 e. The minimum absolute atomic E-state index is 0.0595. The van der Waals surface area contributed by atoms with Gasteiger partial charge in [-0.15, -0.1) is 14.2 Å². The number of nitrogens with zero attached hydrogens (tertiary/aromatic N) is 6. The molecule has 2 aromatic heterocycles. The summed E-state index contributed by atoms with van der Waals surface area (Å²) in [5.41, 5.74) is 0. The molecule has 0 amide bonds. The lowest BCUT2D eigenvalue weighted by Crippen LogP contribution is -2.08. The molecule has 9 heteroatoms. The molecule has 0 N–H and O–H groups in total. The number of carbonyl (C=O) groups is 1. The first-order valence-corrected chi connectivity index (χ1v) is 4.00. The molecule has 9 nitrogen and oxygen atoms in total. The third kappa shape index (κ3) is 1.43. The van der Waals surface area contributed by atoms with Crippen LogP contribution in [-0.4, -0.2) is 35.1 Å². The Morgan fingerprint density at radius 1 is 1.67 bits per heavy atom. The zero-order chi connectivity index (χ0) is 11.0. The molecule has 0 aliphatic heterocycles. The van der Waals surface area contributed by atoms with Crippen molar-refractivity contribution in [3.8, 4) is 0 Å². The molecule has 2 aromatic rings. The standard InChI is InChI=1S/C6H6N6O3/c1-4(13)2-11-5-8-7-3-10(5)6(9-11)12(14)15/h3H,2H2,1H3.